The van der Waals surface area contributed by atoms with E-state index in [4.69, 9.17) is 0 Å². The molecule has 1 fully saturated rings. The Balaban J connectivity index is 1.97. The number of pyridine rings is 1. The fourth-order valence-corrected chi connectivity index (χ4v) is 3.24. The van der Waals surface area contributed by atoms with Crippen LogP contribution in [0.5, 0.6) is 5.75 Å². The van der Waals surface area contributed by atoms with Gasteiger partial charge in [0.05, 0.1) is 18.6 Å². The highest BCUT2D eigenvalue weighted by Crippen LogP contribution is 2.23. The molecule has 1 aliphatic rings. The van der Waals surface area contributed by atoms with Gasteiger partial charge in [0.25, 0.3) is 5.56 Å². The number of H-pyrrole nitrogens is 1. The van der Waals surface area contributed by atoms with Crippen LogP contribution in [0.2, 0.25) is 0 Å². The SMILES string of the molecule is C[C@@H]1CCC[NH+](Cc2c(O)c3ccccc3[nH]c2=O)C1. The molecule has 0 amide bonds. The zero-order chi connectivity index (χ0) is 14.1. The normalized spacial score (nSPS) is 23.1. The Morgan fingerprint density at radius 2 is 2.20 bits per heavy atom. The lowest BCUT2D eigenvalue weighted by atomic mass is 9.99. The highest BCUT2D eigenvalue weighted by atomic mass is 16.3. The van der Waals surface area contributed by atoms with E-state index in [0.29, 0.717) is 23.5 Å². The smallest absolute Gasteiger partial charge is 0.261 e. The molecule has 20 heavy (non-hydrogen) atoms. The molecule has 2 atom stereocenters. The first kappa shape index (κ1) is 13.2. The quantitative estimate of drug-likeness (QED) is 0.766. The van der Waals surface area contributed by atoms with E-state index >= 15 is 0 Å². The Bertz CT molecular complexity index is 678. The summed E-state index contributed by atoms with van der Waals surface area (Å²) in [4.78, 5) is 16.4. The second kappa shape index (κ2) is 5.29. The van der Waals surface area contributed by atoms with E-state index in [2.05, 4.69) is 11.9 Å². The van der Waals surface area contributed by atoms with Crippen LogP contribution in [0.4, 0.5) is 0 Å². The Kier molecular flexibility index (Phi) is 3.49. The summed E-state index contributed by atoms with van der Waals surface area (Å²) in [6.07, 6.45) is 2.46. The first-order valence-electron chi connectivity index (χ1n) is 7.31. The van der Waals surface area contributed by atoms with Crippen molar-refractivity contribution in [3.63, 3.8) is 0 Å². The number of para-hydroxylation sites is 1. The van der Waals surface area contributed by atoms with Crippen LogP contribution in [0, 0.1) is 5.92 Å². The molecule has 3 rings (SSSR count). The van der Waals surface area contributed by atoms with Gasteiger partial charge >= 0.3 is 0 Å². The monoisotopic (exact) mass is 273 g/mol. The van der Waals surface area contributed by atoms with Crippen molar-refractivity contribution in [1.29, 1.82) is 0 Å². The van der Waals surface area contributed by atoms with Crippen molar-refractivity contribution in [2.75, 3.05) is 13.1 Å². The second-order valence-corrected chi connectivity index (χ2v) is 5.96. The van der Waals surface area contributed by atoms with Crippen molar-refractivity contribution in [3.8, 4) is 5.75 Å². The van der Waals surface area contributed by atoms with E-state index in [1.54, 1.807) is 0 Å². The number of likely N-dealkylation sites (tertiary alicyclic amines) is 1. The Hall–Kier alpha value is -1.81. The Labute approximate surface area is 118 Å². The highest BCUT2D eigenvalue weighted by Gasteiger charge is 2.23. The number of aromatic hydroxyl groups is 1. The first-order chi connectivity index (χ1) is 9.65. The van der Waals surface area contributed by atoms with E-state index < -0.39 is 0 Å². The summed E-state index contributed by atoms with van der Waals surface area (Å²) < 4.78 is 0. The Morgan fingerprint density at radius 3 is 3.00 bits per heavy atom. The molecule has 4 nitrogen and oxygen atoms in total. The molecule has 4 heteroatoms. The van der Waals surface area contributed by atoms with Crippen LogP contribution in [0.15, 0.2) is 29.1 Å². The number of aromatic amines is 1. The molecule has 1 saturated heterocycles. The van der Waals surface area contributed by atoms with Gasteiger partial charge in [0, 0.05) is 11.3 Å². The van der Waals surface area contributed by atoms with Crippen molar-refractivity contribution in [3.05, 3.63) is 40.2 Å². The third kappa shape index (κ3) is 2.43. The molecule has 1 aromatic heterocycles. The van der Waals surface area contributed by atoms with Crippen LogP contribution in [-0.4, -0.2) is 23.2 Å². The number of piperidine rings is 1. The van der Waals surface area contributed by atoms with E-state index in [0.717, 1.165) is 18.5 Å². The van der Waals surface area contributed by atoms with Gasteiger partial charge < -0.3 is 15.0 Å². The van der Waals surface area contributed by atoms with E-state index in [-0.39, 0.29) is 11.3 Å². The van der Waals surface area contributed by atoms with Crippen LogP contribution in [0.25, 0.3) is 10.9 Å². The average molecular weight is 273 g/mol. The van der Waals surface area contributed by atoms with Gasteiger partial charge in [-0.1, -0.05) is 19.1 Å². The lowest BCUT2D eigenvalue weighted by Crippen LogP contribution is -3.12. The zero-order valence-electron chi connectivity index (χ0n) is 11.8. The topological polar surface area (TPSA) is 57.5 Å². The summed E-state index contributed by atoms with van der Waals surface area (Å²) in [5.41, 5.74) is 1.06. The van der Waals surface area contributed by atoms with Gasteiger partial charge in [-0.25, -0.2) is 0 Å². The number of aromatic nitrogens is 1. The molecule has 0 radical (unpaired) electrons. The van der Waals surface area contributed by atoms with Crippen molar-refractivity contribution < 1.29 is 10.0 Å². The highest BCUT2D eigenvalue weighted by molar-refractivity contribution is 5.85. The van der Waals surface area contributed by atoms with Crippen molar-refractivity contribution >= 4 is 10.9 Å². The van der Waals surface area contributed by atoms with Crippen LogP contribution in [0.3, 0.4) is 0 Å². The molecule has 0 aliphatic carbocycles. The van der Waals surface area contributed by atoms with Gasteiger partial charge in [-0.2, -0.15) is 0 Å². The molecule has 0 saturated carbocycles. The first-order valence-corrected chi connectivity index (χ1v) is 7.31. The van der Waals surface area contributed by atoms with Gasteiger partial charge in [-0.3, -0.25) is 4.79 Å². The van der Waals surface area contributed by atoms with Gasteiger partial charge in [-0.05, 0) is 25.0 Å². The summed E-state index contributed by atoms with van der Waals surface area (Å²) in [7, 11) is 0. The minimum absolute atomic E-state index is 0.148. The minimum Gasteiger partial charge on any atom is -0.507 e. The lowest BCUT2D eigenvalue weighted by molar-refractivity contribution is -0.922. The standard InChI is InChI=1S/C16H20N2O2/c1-11-5-4-8-18(9-11)10-13-15(19)12-6-2-3-7-14(12)17-16(13)20/h2-3,6-7,11H,4-5,8-10H2,1H3,(H2,17,19,20)/p+1/t11-/m1/s1. The zero-order valence-corrected chi connectivity index (χ0v) is 11.8. The summed E-state index contributed by atoms with van der Waals surface area (Å²) >= 11 is 0. The van der Waals surface area contributed by atoms with Gasteiger partial charge in [-0.15, -0.1) is 0 Å². The van der Waals surface area contributed by atoms with Gasteiger partial charge in [0.2, 0.25) is 0 Å². The van der Waals surface area contributed by atoms with E-state index in [9.17, 15) is 9.90 Å². The van der Waals surface area contributed by atoms with Crippen LogP contribution < -0.4 is 10.5 Å². The van der Waals surface area contributed by atoms with E-state index in [1.165, 1.54) is 17.7 Å². The number of hydrogen-bond donors (Lipinski definition) is 3. The maximum absolute atomic E-state index is 12.2. The lowest BCUT2D eigenvalue weighted by Gasteiger charge is -2.27. The molecule has 0 spiro atoms. The number of nitrogens with one attached hydrogen (secondary N) is 2. The average Bonchev–Trinajstić information content (AvgIpc) is 2.43. The molecular formula is C16H21N2O2+. The summed E-state index contributed by atoms with van der Waals surface area (Å²) in [5, 5.41) is 11.1. The summed E-state index contributed by atoms with van der Waals surface area (Å²) in [6.45, 7) is 5.02. The minimum atomic E-state index is -0.160. The predicted octanol–water partition coefficient (Wildman–Crippen LogP) is 1.05. The third-order valence-corrected chi connectivity index (χ3v) is 4.28. The Morgan fingerprint density at radius 1 is 1.40 bits per heavy atom. The largest absolute Gasteiger partial charge is 0.507 e. The van der Waals surface area contributed by atoms with Crippen molar-refractivity contribution in [1.82, 2.24) is 4.98 Å². The number of quaternary nitrogens is 1. The number of fused-ring (bicyclic) bond motifs is 1. The second-order valence-electron chi connectivity index (χ2n) is 5.96. The number of hydrogen-bond acceptors (Lipinski definition) is 2. The van der Waals surface area contributed by atoms with E-state index in [1.807, 2.05) is 24.3 Å². The molecule has 1 aliphatic heterocycles. The molecule has 0 bridgehead atoms. The van der Waals surface area contributed by atoms with Crippen LogP contribution in [0.1, 0.15) is 25.3 Å². The molecule has 3 N–H and O–H groups in total. The maximum atomic E-state index is 12.2. The summed E-state index contributed by atoms with van der Waals surface area (Å²) in [5.74, 6) is 0.843. The molecule has 2 heterocycles. The molecule has 106 valence electrons. The molecular weight excluding hydrogens is 252 g/mol. The van der Waals surface area contributed by atoms with Gasteiger partial charge in [0.15, 0.2) is 0 Å². The van der Waals surface area contributed by atoms with Gasteiger partial charge in [0.1, 0.15) is 17.9 Å². The fourth-order valence-electron chi connectivity index (χ4n) is 3.24. The van der Waals surface area contributed by atoms with Crippen LogP contribution >= 0.6 is 0 Å². The maximum Gasteiger partial charge on any atom is 0.261 e. The molecule has 1 unspecified atom stereocenters. The van der Waals surface area contributed by atoms with Crippen molar-refractivity contribution in [2.24, 2.45) is 5.92 Å². The third-order valence-electron chi connectivity index (χ3n) is 4.28. The molecule has 1 aromatic carbocycles. The predicted molar refractivity (Wildman–Crippen MR) is 79.0 cm³/mol. The van der Waals surface area contributed by atoms with Crippen LogP contribution in [-0.2, 0) is 6.54 Å². The summed E-state index contributed by atoms with van der Waals surface area (Å²) in [6, 6.07) is 7.39. The molecule has 2 aromatic rings. The fraction of sp³-hybridized carbons (Fsp3) is 0.438. The number of benzene rings is 1. The number of rotatable bonds is 2. The van der Waals surface area contributed by atoms with Crippen molar-refractivity contribution in [2.45, 2.75) is 26.3 Å².